The summed E-state index contributed by atoms with van der Waals surface area (Å²) in [6.45, 7) is 0. The zero-order chi connectivity index (χ0) is 8.81. The maximum atomic E-state index is 5.84. The van der Waals surface area contributed by atoms with Crippen LogP contribution in [0, 0.1) is 0 Å². The van der Waals surface area contributed by atoms with E-state index in [2.05, 4.69) is 47.8 Å². The zero-order valence-electron chi connectivity index (χ0n) is 4.77. The van der Waals surface area contributed by atoms with Crippen molar-refractivity contribution in [1.82, 2.24) is 0 Å². The first-order valence-corrected chi connectivity index (χ1v) is 5.90. The molecule has 0 radical (unpaired) electrons. The lowest BCUT2D eigenvalue weighted by Crippen LogP contribution is -2.07. The summed E-state index contributed by atoms with van der Waals surface area (Å²) < 4.78 is 0.0390. The van der Waals surface area contributed by atoms with Crippen LogP contribution in [0.2, 0.25) is 0 Å². The van der Waals surface area contributed by atoms with Crippen LogP contribution in [0.15, 0.2) is 19.6 Å². The lowest BCUT2D eigenvalue weighted by atomic mass is 10.5. The second-order valence-corrected chi connectivity index (χ2v) is 7.20. The fourth-order valence-electron chi connectivity index (χ4n) is 0.565. The molecule has 0 saturated carbocycles. The number of alkyl halides is 2. The van der Waals surface area contributed by atoms with E-state index in [4.69, 9.17) is 34.8 Å². The van der Waals surface area contributed by atoms with Gasteiger partial charge in [0.2, 0.25) is 0 Å². The Morgan fingerprint density at radius 2 is 1.45 bits per heavy atom. The number of rotatable bonds is 0. The average Bonchev–Trinajstić information content (AvgIpc) is 2.06. The van der Waals surface area contributed by atoms with Gasteiger partial charge in [-0.2, -0.15) is 0 Å². The topological polar surface area (TPSA) is 0 Å². The number of halogens is 6. The second-order valence-electron chi connectivity index (χ2n) is 1.83. The van der Waals surface area contributed by atoms with Crippen LogP contribution in [0.5, 0.6) is 0 Å². The van der Waals surface area contributed by atoms with Crippen molar-refractivity contribution in [3.63, 3.8) is 0 Å². The van der Waals surface area contributed by atoms with Crippen molar-refractivity contribution in [1.29, 1.82) is 0 Å². The van der Waals surface area contributed by atoms with Crippen LogP contribution in [0.25, 0.3) is 0 Å². The van der Waals surface area contributed by atoms with Gasteiger partial charge in [0.1, 0.15) is 3.23 Å². The highest BCUT2D eigenvalue weighted by atomic mass is 79.9. The maximum Gasteiger partial charge on any atom is 0.150 e. The highest BCUT2D eigenvalue weighted by Gasteiger charge is 2.41. The van der Waals surface area contributed by atoms with Crippen molar-refractivity contribution < 1.29 is 0 Å². The molecule has 0 aromatic carbocycles. The van der Waals surface area contributed by atoms with Gasteiger partial charge in [-0.15, -0.1) is 0 Å². The molecule has 0 aromatic heterocycles. The van der Waals surface area contributed by atoms with Gasteiger partial charge in [-0.1, -0.05) is 82.6 Å². The van der Waals surface area contributed by atoms with E-state index in [1.54, 1.807) is 0 Å². The van der Waals surface area contributed by atoms with Gasteiger partial charge in [0, 0.05) is 4.48 Å². The Hall–Kier alpha value is 1.79. The van der Waals surface area contributed by atoms with Gasteiger partial charge in [-0.25, -0.2) is 0 Å². The van der Waals surface area contributed by atoms with Gasteiger partial charge in [-0.3, -0.25) is 0 Å². The van der Waals surface area contributed by atoms with Crippen LogP contribution in [0.1, 0.15) is 0 Å². The molecule has 6 heteroatoms. The van der Waals surface area contributed by atoms with Gasteiger partial charge in [-0.05, 0) is 0 Å². The summed E-state index contributed by atoms with van der Waals surface area (Å²) in [7, 11) is 0. The van der Waals surface area contributed by atoms with Crippen LogP contribution in [-0.4, -0.2) is 3.23 Å². The van der Waals surface area contributed by atoms with E-state index in [0.717, 1.165) is 0 Å². The van der Waals surface area contributed by atoms with Crippen LogP contribution in [-0.2, 0) is 0 Å². The Morgan fingerprint density at radius 1 is 1.00 bits per heavy atom. The van der Waals surface area contributed by atoms with Crippen molar-refractivity contribution >= 4 is 82.6 Å². The van der Waals surface area contributed by atoms with Crippen LogP contribution >= 0.6 is 82.6 Å². The third-order valence-electron chi connectivity index (χ3n) is 1.13. The van der Waals surface area contributed by atoms with Crippen LogP contribution in [0.4, 0.5) is 0 Å². The Balaban J connectivity index is 3.27. The van der Waals surface area contributed by atoms with Gasteiger partial charge in [0.05, 0.1) is 15.1 Å². The van der Waals surface area contributed by atoms with E-state index in [-0.39, 0.29) is 0 Å². The zero-order valence-corrected chi connectivity index (χ0v) is 11.8. The number of allylic oxidation sites excluding steroid dienone is 4. The predicted octanol–water partition coefficient (Wildman–Crippen LogP) is 5.02. The van der Waals surface area contributed by atoms with E-state index in [1.807, 2.05) is 0 Å². The summed E-state index contributed by atoms with van der Waals surface area (Å²) in [6.07, 6.45) is 0. The first kappa shape index (κ1) is 10.9. The first-order chi connectivity index (χ1) is 4.89. The predicted molar refractivity (Wildman–Crippen MR) is 61.1 cm³/mol. The fourth-order valence-corrected chi connectivity index (χ4v) is 3.15. The standard InChI is InChI=1S/C5Br3Cl3/c6-3-1(9)2(10)4(11)5(3,7)8. The molecule has 0 aliphatic heterocycles. The number of hydrogen-bond donors (Lipinski definition) is 0. The molecule has 0 bridgehead atoms. The molecule has 0 fully saturated rings. The summed E-state index contributed by atoms with van der Waals surface area (Å²) in [5.41, 5.74) is 0. The van der Waals surface area contributed by atoms with Crippen molar-refractivity contribution in [3.05, 3.63) is 19.6 Å². The minimum atomic E-state index is -0.643. The monoisotopic (exact) mass is 402 g/mol. The molecule has 0 unspecified atom stereocenters. The van der Waals surface area contributed by atoms with E-state index < -0.39 is 3.23 Å². The summed E-state index contributed by atoms with van der Waals surface area (Å²) in [5.74, 6) is 0. The molecule has 1 aliphatic rings. The molecular formula is C5Br3Cl3. The Bertz CT molecular complexity index is 240. The molecule has 0 heterocycles. The van der Waals surface area contributed by atoms with E-state index in [9.17, 15) is 0 Å². The minimum Gasteiger partial charge on any atom is -0.0846 e. The molecule has 0 spiro atoms. The van der Waals surface area contributed by atoms with Crippen molar-refractivity contribution in [2.75, 3.05) is 0 Å². The third kappa shape index (κ3) is 1.70. The van der Waals surface area contributed by atoms with Crippen molar-refractivity contribution in [3.8, 4) is 0 Å². The fraction of sp³-hybridized carbons (Fsp3) is 0.200. The molecule has 0 nitrogen and oxygen atoms in total. The quantitative estimate of drug-likeness (QED) is 0.496. The second kappa shape index (κ2) is 3.50. The van der Waals surface area contributed by atoms with Gasteiger partial charge < -0.3 is 0 Å². The largest absolute Gasteiger partial charge is 0.150 e. The molecule has 11 heavy (non-hydrogen) atoms. The third-order valence-corrected chi connectivity index (χ3v) is 6.88. The summed E-state index contributed by atoms with van der Waals surface area (Å²) >= 11 is 27.3. The molecule has 0 aromatic rings. The Labute approximate surface area is 104 Å². The van der Waals surface area contributed by atoms with Crippen molar-refractivity contribution in [2.24, 2.45) is 0 Å². The highest BCUT2D eigenvalue weighted by molar-refractivity contribution is 9.26. The molecule has 0 amide bonds. The Kier molecular flexibility index (Phi) is 3.46. The first-order valence-electron chi connectivity index (χ1n) is 2.38. The van der Waals surface area contributed by atoms with E-state index in [1.165, 1.54) is 0 Å². The van der Waals surface area contributed by atoms with Crippen LogP contribution in [0.3, 0.4) is 0 Å². The van der Waals surface area contributed by atoms with Crippen LogP contribution < -0.4 is 0 Å². The van der Waals surface area contributed by atoms with Crippen molar-refractivity contribution in [2.45, 2.75) is 3.23 Å². The van der Waals surface area contributed by atoms with E-state index >= 15 is 0 Å². The Morgan fingerprint density at radius 3 is 1.55 bits per heavy atom. The molecule has 1 aliphatic carbocycles. The summed E-state index contributed by atoms with van der Waals surface area (Å²) in [6, 6.07) is 0. The van der Waals surface area contributed by atoms with Gasteiger partial charge >= 0.3 is 0 Å². The number of hydrogen-bond acceptors (Lipinski definition) is 0. The van der Waals surface area contributed by atoms with E-state index in [0.29, 0.717) is 19.6 Å². The maximum absolute atomic E-state index is 5.84. The summed E-state index contributed by atoms with van der Waals surface area (Å²) in [4.78, 5) is 0. The van der Waals surface area contributed by atoms with Gasteiger partial charge in [0.15, 0.2) is 0 Å². The SMILES string of the molecule is ClC1=C(Cl)C(Br)(Br)C(Br)=C1Cl. The van der Waals surface area contributed by atoms with Gasteiger partial charge in [0.25, 0.3) is 0 Å². The minimum absolute atomic E-state index is 0.356. The molecular weight excluding hydrogens is 406 g/mol. The smallest absolute Gasteiger partial charge is 0.0846 e. The molecule has 0 N–H and O–H groups in total. The average molecular weight is 406 g/mol. The molecule has 1 rings (SSSR count). The lowest BCUT2D eigenvalue weighted by molar-refractivity contribution is 1.36. The lowest BCUT2D eigenvalue weighted by Gasteiger charge is -2.13. The summed E-state index contributed by atoms with van der Waals surface area (Å²) in [5, 5.41) is 1.20. The molecule has 0 atom stereocenters. The normalized spacial score (nSPS) is 23.5. The molecule has 62 valence electrons. The molecule has 0 saturated heterocycles. The highest BCUT2D eigenvalue weighted by Crippen LogP contribution is 2.56.